The molecule has 1 heterocycles. The summed E-state index contributed by atoms with van der Waals surface area (Å²) in [6.07, 6.45) is 9.45. The molecule has 0 radical (unpaired) electrons. The zero-order valence-corrected chi connectivity index (χ0v) is 13.3. The molecule has 1 aromatic carbocycles. The first-order valence-electron chi connectivity index (χ1n) is 8.25. The third-order valence-corrected chi connectivity index (χ3v) is 3.71. The van der Waals surface area contributed by atoms with Gasteiger partial charge in [-0.25, -0.2) is 0 Å². The molecule has 0 aliphatic carbocycles. The molecule has 0 aliphatic rings. The Morgan fingerprint density at radius 1 is 0.952 bits per heavy atom. The fourth-order valence-corrected chi connectivity index (χ4v) is 2.42. The highest BCUT2D eigenvalue weighted by Gasteiger charge is 2.08. The molecule has 0 aliphatic heterocycles. The standard InChI is InChI=1S/C18H26N2O/c1-3-5-7-8-10-15-11-9-12-16(14-15)18-19-17(20-21-18)13-6-4-2/h9,11-12,14H,3-8,10,13H2,1-2H3. The van der Waals surface area contributed by atoms with E-state index in [1.54, 1.807) is 0 Å². The van der Waals surface area contributed by atoms with Crippen molar-refractivity contribution in [2.45, 2.75) is 65.2 Å². The molecule has 0 fully saturated rings. The molecule has 3 heteroatoms. The number of hydrogen-bond acceptors (Lipinski definition) is 3. The Bertz CT molecular complexity index is 534. The van der Waals surface area contributed by atoms with E-state index in [0.717, 1.165) is 37.1 Å². The summed E-state index contributed by atoms with van der Waals surface area (Å²) in [5.74, 6) is 1.47. The Labute approximate surface area is 127 Å². The second kappa shape index (κ2) is 8.60. The largest absolute Gasteiger partial charge is 0.334 e. The summed E-state index contributed by atoms with van der Waals surface area (Å²) in [5, 5.41) is 4.06. The van der Waals surface area contributed by atoms with Crippen molar-refractivity contribution in [3.8, 4) is 11.5 Å². The minimum Gasteiger partial charge on any atom is -0.334 e. The van der Waals surface area contributed by atoms with E-state index in [9.17, 15) is 0 Å². The first-order chi connectivity index (χ1) is 10.3. The zero-order valence-electron chi connectivity index (χ0n) is 13.3. The second-order valence-corrected chi connectivity index (χ2v) is 5.63. The van der Waals surface area contributed by atoms with Gasteiger partial charge in [0.1, 0.15) is 0 Å². The molecule has 0 saturated heterocycles. The maximum absolute atomic E-state index is 5.38. The lowest BCUT2D eigenvalue weighted by Gasteiger charge is -2.02. The molecule has 3 nitrogen and oxygen atoms in total. The molecular formula is C18H26N2O. The minimum atomic E-state index is 0.650. The molecule has 0 spiro atoms. The smallest absolute Gasteiger partial charge is 0.257 e. The van der Waals surface area contributed by atoms with Crippen LogP contribution in [0.15, 0.2) is 28.8 Å². The van der Waals surface area contributed by atoms with Crippen LogP contribution < -0.4 is 0 Å². The maximum Gasteiger partial charge on any atom is 0.257 e. The highest BCUT2D eigenvalue weighted by molar-refractivity contribution is 5.54. The van der Waals surface area contributed by atoms with Crippen LogP contribution in [0, 0.1) is 0 Å². The summed E-state index contributed by atoms with van der Waals surface area (Å²) in [7, 11) is 0. The van der Waals surface area contributed by atoms with Gasteiger partial charge in [0, 0.05) is 12.0 Å². The minimum absolute atomic E-state index is 0.650. The topological polar surface area (TPSA) is 38.9 Å². The molecule has 2 aromatic rings. The number of aryl methyl sites for hydroxylation is 2. The second-order valence-electron chi connectivity index (χ2n) is 5.63. The van der Waals surface area contributed by atoms with Crippen molar-refractivity contribution in [3.05, 3.63) is 35.7 Å². The van der Waals surface area contributed by atoms with Gasteiger partial charge in [0.25, 0.3) is 5.89 Å². The van der Waals surface area contributed by atoms with E-state index in [-0.39, 0.29) is 0 Å². The number of benzene rings is 1. The summed E-state index contributed by atoms with van der Waals surface area (Å²) < 4.78 is 5.38. The van der Waals surface area contributed by atoms with E-state index in [0.29, 0.717) is 5.89 Å². The molecule has 0 unspecified atom stereocenters. The van der Waals surface area contributed by atoms with Crippen LogP contribution in [0.2, 0.25) is 0 Å². The van der Waals surface area contributed by atoms with Crippen molar-refractivity contribution in [1.29, 1.82) is 0 Å². The maximum atomic E-state index is 5.38. The number of nitrogens with zero attached hydrogens (tertiary/aromatic N) is 2. The summed E-state index contributed by atoms with van der Waals surface area (Å²) in [5.41, 5.74) is 2.40. The number of unbranched alkanes of at least 4 members (excludes halogenated alkanes) is 4. The van der Waals surface area contributed by atoms with E-state index in [1.165, 1.54) is 31.2 Å². The normalized spacial score (nSPS) is 11.0. The predicted octanol–water partition coefficient (Wildman–Crippen LogP) is 5.20. The quantitative estimate of drug-likeness (QED) is 0.594. The van der Waals surface area contributed by atoms with Gasteiger partial charge < -0.3 is 4.52 Å². The lowest BCUT2D eigenvalue weighted by Crippen LogP contribution is -1.89. The first kappa shape index (κ1) is 15.7. The van der Waals surface area contributed by atoms with Crippen LogP contribution in [0.5, 0.6) is 0 Å². The molecule has 1 aromatic heterocycles. The van der Waals surface area contributed by atoms with Crippen LogP contribution in [-0.2, 0) is 12.8 Å². The Morgan fingerprint density at radius 2 is 1.81 bits per heavy atom. The van der Waals surface area contributed by atoms with Gasteiger partial charge in [-0.1, -0.05) is 56.8 Å². The van der Waals surface area contributed by atoms with Crippen LogP contribution in [0.1, 0.15) is 63.8 Å². The summed E-state index contributed by atoms with van der Waals surface area (Å²) in [6.45, 7) is 4.41. The predicted molar refractivity (Wildman–Crippen MR) is 86.2 cm³/mol. The van der Waals surface area contributed by atoms with Crippen molar-refractivity contribution < 1.29 is 4.52 Å². The van der Waals surface area contributed by atoms with Crippen LogP contribution in [0.3, 0.4) is 0 Å². The van der Waals surface area contributed by atoms with Crippen LogP contribution in [0.25, 0.3) is 11.5 Å². The molecule has 0 bridgehead atoms. The molecule has 21 heavy (non-hydrogen) atoms. The van der Waals surface area contributed by atoms with E-state index < -0.39 is 0 Å². The fourth-order valence-electron chi connectivity index (χ4n) is 2.42. The van der Waals surface area contributed by atoms with Crippen molar-refractivity contribution in [1.82, 2.24) is 10.1 Å². The summed E-state index contributed by atoms with van der Waals surface area (Å²) in [6, 6.07) is 8.50. The lowest BCUT2D eigenvalue weighted by molar-refractivity contribution is 0.421. The van der Waals surface area contributed by atoms with Gasteiger partial charge in [0.2, 0.25) is 0 Å². The number of rotatable bonds is 9. The van der Waals surface area contributed by atoms with Crippen molar-refractivity contribution in [3.63, 3.8) is 0 Å². The molecule has 114 valence electrons. The Balaban J connectivity index is 1.97. The summed E-state index contributed by atoms with van der Waals surface area (Å²) >= 11 is 0. The van der Waals surface area contributed by atoms with E-state index in [4.69, 9.17) is 4.52 Å². The van der Waals surface area contributed by atoms with Crippen molar-refractivity contribution >= 4 is 0 Å². The van der Waals surface area contributed by atoms with Gasteiger partial charge in [-0.15, -0.1) is 0 Å². The summed E-state index contributed by atoms with van der Waals surface area (Å²) in [4.78, 5) is 4.49. The Morgan fingerprint density at radius 3 is 2.62 bits per heavy atom. The molecule has 0 atom stereocenters. The zero-order chi connectivity index (χ0) is 14.9. The van der Waals surface area contributed by atoms with Gasteiger partial charge in [0.15, 0.2) is 5.82 Å². The average Bonchev–Trinajstić information content (AvgIpc) is 2.99. The van der Waals surface area contributed by atoms with Gasteiger partial charge in [-0.05, 0) is 37.0 Å². The molecule has 0 amide bonds. The number of hydrogen-bond donors (Lipinski definition) is 0. The van der Waals surface area contributed by atoms with Gasteiger partial charge in [0.05, 0.1) is 0 Å². The molecule has 0 saturated carbocycles. The van der Waals surface area contributed by atoms with Gasteiger partial charge in [-0.3, -0.25) is 0 Å². The molecular weight excluding hydrogens is 260 g/mol. The Hall–Kier alpha value is -1.64. The number of aromatic nitrogens is 2. The monoisotopic (exact) mass is 286 g/mol. The molecule has 2 rings (SSSR count). The van der Waals surface area contributed by atoms with E-state index >= 15 is 0 Å². The average molecular weight is 286 g/mol. The third-order valence-electron chi connectivity index (χ3n) is 3.71. The highest BCUT2D eigenvalue weighted by Crippen LogP contribution is 2.20. The Kier molecular flexibility index (Phi) is 6.45. The van der Waals surface area contributed by atoms with Crippen molar-refractivity contribution in [2.24, 2.45) is 0 Å². The molecule has 0 N–H and O–H groups in total. The highest BCUT2D eigenvalue weighted by atomic mass is 16.5. The van der Waals surface area contributed by atoms with Crippen LogP contribution >= 0.6 is 0 Å². The SMILES string of the molecule is CCCCCCc1cccc(-c2nc(CCCC)no2)c1. The van der Waals surface area contributed by atoms with Crippen LogP contribution in [-0.4, -0.2) is 10.1 Å². The fraction of sp³-hybridized carbons (Fsp3) is 0.556. The van der Waals surface area contributed by atoms with E-state index in [2.05, 4.69) is 42.2 Å². The van der Waals surface area contributed by atoms with Crippen LogP contribution in [0.4, 0.5) is 0 Å². The lowest BCUT2D eigenvalue weighted by atomic mass is 10.0. The van der Waals surface area contributed by atoms with Gasteiger partial charge >= 0.3 is 0 Å². The van der Waals surface area contributed by atoms with E-state index in [1.807, 2.05) is 6.07 Å². The third kappa shape index (κ3) is 5.00. The first-order valence-corrected chi connectivity index (χ1v) is 8.25. The van der Waals surface area contributed by atoms with Crippen molar-refractivity contribution in [2.75, 3.05) is 0 Å². The van der Waals surface area contributed by atoms with Gasteiger partial charge in [-0.2, -0.15) is 4.98 Å².